The van der Waals surface area contributed by atoms with Crippen LogP contribution >= 0.6 is 23.2 Å². The lowest BCUT2D eigenvalue weighted by Gasteiger charge is -2.14. The first-order valence-corrected chi connectivity index (χ1v) is 8.13. The maximum Gasteiger partial charge on any atom is 0.418 e. The Hall–Kier alpha value is -2.92. The zero-order valence-corrected chi connectivity index (χ0v) is 15.0. The number of nitrogens with zero attached hydrogens (tertiary/aromatic N) is 5. The lowest BCUT2D eigenvalue weighted by molar-refractivity contribution is -0.385. The van der Waals surface area contributed by atoms with Crippen LogP contribution in [0.1, 0.15) is 11.4 Å². The van der Waals surface area contributed by atoms with Crippen LogP contribution in [0.25, 0.3) is 5.69 Å². The zero-order valence-electron chi connectivity index (χ0n) is 13.5. The summed E-state index contributed by atoms with van der Waals surface area (Å²) in [6, 6.07) is 6.82. The number of nitro groups is 1. The van der Waals surface area contributed by atoms with E-state index in [0.717, 1.165) is 22.9 Å². The average molecular weight is 434 g/mol. The highest BCUT2D eigenvalue weighted by molar-refractivity contribution is 6.31. The van der Waals surface area contributed by atoms with Crippen molar-refractivity contribution in [2.75, 3.05) is 0 Å². The first kappa shape index (κ1) is 19.8. The molecule has 1 aromatic heterocycles. The fourth-order valence-electron chi connectivity index (χ4n) is 2.30. The number of hydrogen-bond donors (Lipinski definition) is 0. The third-order valence-electron chi connectivity index (χ3n) is 3.50. The molecule has 28 heavy (non-hydrogen) atoms. The fourth-order valence-corrected chi connectivity index (χ4v) is 2.64. The molecule has 0 N–H and O–H groups in total. The highest BCUT2D eigenvalue weighted by Crippen LogP contribution is 2.36. The molecule has 0 atom stereocenters. The van der Waals surface area contributed by atoms with Crippen LogP contribution in [0.2, 0.25) is 10.0 Å². The minimum absolute atomic E-state index is 0.112. The number of tetrazole rings is 1. The molecule has 0 aliphatic carbocycles. The minimum atomic E-state index is -4.71. The van der Waals surface area contributed by atoms with E-state index in [0.29, 0.717) is 0 Å². The molecule has 1 heterocycles. The topological polar surface area (TPSA) is 96.0 Å². The quantitative estimate of drug-likeness (QED) is 0.434. The molecule has 0 saturated heterocycles. The number of rotatable bonds is 5. The summed E-state index contributed by atoms with van der Waals surface area (Å²) in [5, 5.41) is 21.6. The van der Waals surface area contributed by atoms with Crippen LogP contribution < -0.4 is 4.74 Å². The lowest BCUT2D eigenvalue weighted by Crippen LogP contribution is -2.14. The van der Waals surface area contributed by atoms with Crippen molar-refractivity contribution in [2.45, 2.75) is 12.8 Å². The van der Waals surface area contributed by atoms with E-state index < -0.39 is 29.0 Å². The van der Waals surface area contributed by atoms with Gasteiger partial charge in [0.15, 0.2) is 18.2 Å². The number of aromatic nitrogens is 4. The van der Waals surface area contributed by atoms with Gasteiger partial charge in [-0.15, -0.1) is 5.10 Å². The number of hydrogen-bond acceptors (Lipinski definition) is 6. The van der Waals surface area contributed by atoms with Gasteiger partial charge in [-0.25, -0.2) is 0 Å². The standard InChI is InChI=1S/C15H8Cl2F3N5O3/c16-8-1-3-11(10(5-8)15(18,19)20)24-14(21-22-23-24)7-28-13-4-2-9(17)6-12(13)25(26)27/h1-6H,7H2. The first-order valence-electron chi connectivity index (χ1n) is 7.38. The van der Waals surface area contributed by atoms with Gasteiger partial charge in [0.05, 0.1) is 16.2 Å². The summed E-state index contributed by atoms with van der Waals surface area (Å²) >= 11 is 11.4. The van der Waals surface area contributed by atoms with Crippen LogP contribution in [-0.4, -0.2) is 25.1 Å². The molecule has 0 radical (unpaired) electrons. The van der Waals surface area contributed by atoms with E-state index in [2.05, 4.69) is 15.5 Å². The lowest BCUT2D eigenvalue weighted by atomic mass is 10.1. The number of alkyl halides is 3. The highest BCUT2D eigenvalue weighted by Gasteiger charge is 2.35. The van der Waals surface area contributed by atoms with E-state index in [9.17, 15) is 23.3 Å². The summed E-state index contributed by atoms with van der Waals surface area (Å²) in [5.74, 6) is -0.256. The van der Waals surface area contributed by atoms with E-state index in [4.69, 9.17) is 27.9 Å². The molecule has 0 spiro atoms. The van der Waals surface area contributed by atoms with E-state index in [-0.39, 0.29) is 27.3 Å². The van der Waals surface area contributed by atoms with Crippen LogP contribution in [0.15, 0.2) is 36.4 Å². The SMILES string of the molecule is O=[N+]([O-])c1cc(Cl)ccc1OCc1nnnn1-c1ccc(Cl)cc1C(F)(F)F. The van der Waals surface area contributed by atoms with E-state index in [1.807, 2.05) is 0 Å². The Balaban J connectivity index is 1.94. The fraction of sp³-hybridized carbons (Fsp3) is 0.133. The van der Waals surface area contributed by atoms with Gasteiger partial charge in [-0.1, -0.05) is 23.2 Å². The third kappa shape index (κ3) is 4.15. The molecule has 0 saturated carbocycles. The molecule has 3 aromatic rings. The molecule has 0 aliphatic rings. The van der Waals surface area contributed by atoms with Crippen molar-refractivity contribution in [3.8, 4) is 11.4 Å². The van der Waals surface area contributed by atoms with Crippen molar-refractivity contribution in [1.29, 1.82) is 0 Å². The van der Waals surface area contributed by atoms with Gasteiger partial charge in [0.2, 0.25) is 0 Å². The van der Waals surface area contributed by atoms with Gasteiger partial charge in [0, 0.05) is 16.1 Å². The van der Waals surface area contributed by atoms with Crippen LogP contribution in [0.5, 0.6) is 5.75 Å². The Morgan fingerprint density at radius 2 is 1.82 bits per heavy atom. The van der Waals surface area contributed by atoms with Crippen LogP contribution in [0, 0.1) is 10.1 Å². The summed E-state index contributed by atoms with van der Waals surface area (Å²) in [6.07, 6.45) is -4.71. The Labute approximate surface area is 164 Å². The van der Waals surface area contributed by atoms with E-state index in [1.54, 1.807) is 0 Å². The number of nitro benzene ring substituents is 1. The summed E-state index contributed by atoms with van der Waals surface area (Å²) in [4.78, 5) is 10.4. The van der Waals surface area contributed by atoms with Crippen LogP contribution in [0.3, 0.4) is 0 Å². The molecule has 146 valence electrons. The third-order valence-corrected chi connectivity index (χ3v) is 3.97. The van der Waals surface area contributed by atoms with Gasteiger partial charge in [-0.05, 0) is 40.8 Å². The highest BCUT2D eigenvalue weighted by atomic mass is 35.5. The van der Waals surface area contributed by atoms with Crippen molar-refractivity contribution in [3.05, 3.63) is 67.9 Å². The van der Waals surface area contributed by atoms with Crippen molar-refractivity contribution in [1.82, 2.24) is 20.2 Å². The van der Waals surface area contributed by atoms with Crippen molar-refractivity contribution in [2.24, 2.45) is 0 Å². The number of halogens is 5. The van der Waals surface area contributed by atoms with Crippen LogP contribution in [-0.2, 0) is 12.8 Å². The first-order chi connectivity index (χ1) is 13.2. The maximum atomic E-state index is 13.3. The molecule has 0 aliphatic heterocycles. The Kier molecular flexibility index (Phi) is 5.38. The molecule has 0 bridgehead atoms. The molecule has 13 heteroatoms. The van der Waals surface area contributed by atoms with Gasteiger partial charge >= 0.3 is 11.9 Å². The summed E-state index contributed by atoms with van der Waals surface area (Å²) in [6.45, 7) is -0.435. The zero-order chi connectivity index (χ0) is 20.5. The molecular formula is C15H8Cl2F3N5O3. The number of ether oxygens (including phenoxy) is 1. The summed E-state index contributed by atoms with van der Waals surface area (Å²) in [5.41, 5.74) is -1.83. The van der Waals surface area contributed by atoms with Crippen molar-refractivity contribution in [3.63, 3.8) is 0 Å². The van der Waals surface area contributed by atoms with E-state index >= 15 is 0 Å². The smallest absolute Gasteiger partial charge is 0.418 e. The molecule has 2 aromatic carbocycles. The predicted octanol–water partition coefficient (Wildman–Crippen LogP) is 4.48. The normalized spacial score (nSPS) is 11.5. The Morgan fingerprint density at radius 1 is 1.14 bits per heavy atom. The van der Waals surface area contributed by atoms with Crippen LogP contribution in [0.4, 0.5) is 18.9 Å². The molecule has 0 amide bonds. The molecular weight excluding hydrogens is 426 g/mol. The van der Waals surface area contributed by atoms with Gasteiger partial charge < -0.3 is 4.74 Å². The average Bonchev–Trinajstić information content (AvgIpc) is 3.08. The van der Waals surface area contributed by atoms with Gasteiger partial charge in [-0.2, -0.15) is 17.9 Å². The summed E-state index contributed by atoms with van der Waals surface area (Å²) in [7, 11) is 0. The van der Waals surface area contributed by atoms with Gasteiger partial charge in [0.1, 0.15) is 0 Å². The van der Waals surface area contributed by atoms with Gasteiger partial charge in [-0.3, -0.25) is 10.1 Å². The second-order valence-electron chi connectivity index (χ2n) is 5.32. The van der Waals surface area contributed by atoms with Crippen molar-refractivity contribution >= 4 is 28.9 Å². The second kappa shape index (κ2) is 7.60. The summed E-state index contributed by atoms with van der Waals surface area (Å²) < 4.78 is 46.1. The Bertz CT molecular complexity index is 1040. The molecule has 3 rings (SSSR count). The maximum absolute atomic E-state index is 13.3. The monoisotopic (exact) mass is 433 g/mol. The minimum Gasteiger partial charge on any atom is -0.478 e. The second-order valence-corrected chi connectivity index (χ2v) is 6.20. The molecule has 8 nitrogen and oxygen atoms in total. The van der Waals surface area contributed by atoms with E-state index in [1.165, 1.54) is 18.2 Å². The molecule has 0 unspecified atom stereocenters. The largest absolute Gasteiger partial charge is 0.478 e. The van der Waals surface area contributed by atoms with Gasteiger partial charge in [0.25, 0.3) is 0 Å². The number of benzene rings is 2. The predicted molar refractivity (Wildman–Crippen MR) is 91.6 cm³/mol. The van der Waals surface area contributed by atoms with Crippen molar-refractivity contribution < 1.29 is 22.8 Å². The Morgan fingerprint density at radius 3 is 2.50 bits per heavy atom. The molecule has 0 fully saturated rings.